The number of hydrogen-bond acceptors (Lipinski definition) is 3. The molecule has 1 aliphatic rings. The van der Waals surface area contributed by atoms with E-state index < -0.39 is 5.97 Å². The molecule has 1 atom stereocenters. The van der Waals surface area contributed by atoms with E-state index in [0.717, 1.165) is 19.6 Å². The Bertz CT molecular complexity index is 592. The maximum absolute atomic E-state index is 12.7. The molecule has 0 radical (unpaired) electrons. The first kappa shape index (κ1) is 18.5. The number of carboxylic acids is 1. The molecule has 1 aromatic rings. The van der Waals surface area contributed by atoms with E-state index in [9.17, 15) is 14.7 Å². The molecule has 0 aromatic heterocycles. The number of amides is 1. The molecule has 0 aliphatic carbocycles. The Kier molecular flexibility index (Phi) is 6.37. The number of carbonyl (C=O) groups is 2. The SMILES string of the molecule is Cc1c(C(=O)O)cccc1C(=O)NC(CN1CCCCC1)C(C)C. The lowest BCUT2D eigenvalue weighted by Gasteiger charge is -2.32. The van der Waals surface area contributed by atoms with Gasteiger partial charge in [-0.25, -0.2) is 4.79 Å². The van der Waals surface area contributed by atoms with Crippen LogP contribution in [0.3, 0.4) is 0 Å². The zero-order valence-corrected chi connectivity index (χ0v) is 14.8. The molecular formula is C19H28N2O3. The maximum atomic E-state index is 12.7. The van der Waals surface area contributed by atoms with Crippen molar-refractivity contribution in [3.63, 3.8) is 0 Å². The van der Waals surface area contributed by atoms with E-state index in [2.05, 4.69) is 24.1 Å². The van der Waals surface area contributed by atoms with Crippen molar-refractivity contribution in [3.8, 4) is 0 Å². The molecule has 1 unspecified atom stereocenters. The molecule has 0 bridgehead atoms. The fourth-order valence-electron chi connectivity index (χ4n) is 3.20. The second-order valence-corrected chi connectivity index (χ2v) is 6.97. The molecule has 5 nitrogen and oxygen atoms in total. The van der Waals surface area contributed by atoms with Crippen LogP contribution in [0.2, 0.25) is 0 Å². The number of aromatic carboxylic acids is 1. The Hall–Kier alpha value is -1.88. The van der Waals surface area contributed by atoms with E-state index >= 15 is 0 Å². The first-order valence-corrected chi connectivity index (χ1v) is 8.76. The van der Waals surface area contributed by atoms with Gasteiger partial charge in [0.25, 0.3) is 5.91 Å². The van der Waals surface area contributed by atoms with Crippen LogP contribution < -0.4 is 5.32 Å². The molecule has 1 amide bonds. The standard InChI is InChI=1S/C19H28N2O3/c1-13(2)17(12-21-10-5-4-6-11-21)20-18(22)15-8-7-9-16(14(15)3)19(23)24/h7-9,13,17H,4-6,10-12H2,1-3H3,(H,20,22)(H,23,24). The van der Waals surface area contributed by atoms with Gasteiger partial charge in [0.05, 0.1) is 5.56 Å². The van der Waals surface area contributed by atoms with Gasteiger partial charge in [-0.15, -0.1) is 0 Å². The third-order valence-corrected chi connectivity index (χ3v) is 4.83. The molecule has 2 N–H and O–H groups in total. The van der Waals surface area contributed by atoms with E-state index in [1.54, 1.807) is 19.1 Å². The van der Waals surface area contributed by atoms with Crippen LogP contribution in [0, 0.1) is 12.8 Å². The Morgan fingerprint density at radius 3 is 2.38 bits per heavy atom. The minimum Gasteiger partial charge on any atom is -0.478 e. The van der Waals surface area contributed by atoms with E-state index in [1.807, 2.05) is 0 Å². The number of rotatable bonds is 6. The van der Waals surface area contributed by atoms with Crippen LogP contribution in [0.15, 0.2) is 18.2 Å². The summed E-state index contributed by atoms with van der Waals surface area (Å²) in [5, 5.41) is 12.3. The van der Waals surface area contributed by atoms with Crippen molar-refractivity contribution in [2.45, 2.75) is 46.1 Å². The average molecular weight is 332 g/mol. The lowest BCUT2D eigenvalue weighted by atomic mass is 9.99. The normalized spacial score (nSPS) is 16.8. The number of benzene rings is 1. The number of carboxylic acid groups (broad SMARTS) is 1. The lowest BCUT2D eigenvalue weighted by molar-refractivity contribution is 0.0696. The van der Waals surface area contributed by atoms with Gasteiger partial charge in [0.15, 0.2) is 0 Å². The number of carbonyl (C=O) groups excluding carboxylic acids is 1. The van der Waals surface area contributed by atoms with E-state index in [1.165, 1.54) is 25.3 Å². The topological polar surface area (TPSA) is 69.6 Å². The van der Waals surface area contributed by atoms with Gasteiger partial charge in [-0.05, 0) is 56.5 Å². The summed E-state index contributed by atoms with van der Waals surface area (Å²) in [7, 11) is 0. The summed E-state index contributed by atoms with van der Waals surface area (Å²) in [6.07, 6.45) is 3.73. The molecule has 1 aromatic carbocycles. The van der Waals surface area contributed by atoms with Gasteiger partial charge >= 0.3 is 5.97 Å². The summed E-state index contributed by atoms with van der Waals surface area (Å²) in [5.74, 6) is -0.874. The van der Waals surface area contributed by atoms with Gasteiger partial charge in [0, 0.05) is 18.2 Å². The zero-order valence-electron chi connectivity index (χ0n) is 14.8. The summed E-state index contributed by atoms with van der Waals surface area (Å²) in [5.41, 5.74) is 1.14. The Morgan fingerprint density at radius 2 is 1.79 bits per heavy atom. The van der Waals surface area contributed by atoms with E-state index in [4.69, 9.17) is 0 Å². The molecule has 0 saturated carbocycles. The Balaban J connectivity index is 2.10. The first-order valence-electron chi connectivity index (χ1n) is 8.76. The summed E-state index contributed by atoms with van der Waals surface area (Å²) in [6, 6.07) is 4.90. The third kappa shape index (κ3) is 4.57. The molecule has 132 valence electrons. The number of hydrogen-bond donors (Lipinski definition) is 2. The highest BCUT2D eigenvalue weighted by Gasteiger charge is 2.23. The third-order valence-electron chi connectivity index (χ3n) is 4.83. The molecule has 1 saturated heterocycles. The van der Waals surface area contributed by atoms with Crippen molar-refractivity contribution >= 4 is 11.9 Å². The highest BCUT2D eigenvalue weighted by Crippen LogP contribution is 2.16. The van der Waals surface area contributed by atoms with Gasteiger partial charge in [0.1, 0.15) is 0 Å². The van der Waals surface area contributed by atoms with Crippen LogP contribution in [0.4, 0.5) is 0 Å². The van der Waals surface area contributed by atoms with Crippen molar-refractivity contribution in [2.75, 3.05) is 19.6 Å². The molecule has 1 heterocycles. The molecular weight excluding hydrogens is 304 g/mol. The van der Waals surface area contributed by atoms with Crippen molar-refractivity contribution in [2.24, 2.45) is 5.92 Å². The Labute approximate surface area is 144 Å². The van der Waals surface area contributed by atoms with Gasteiger partial charge in [0.2, 0.25) is 0 Å². The van der Waals surface area contributed by atoms with Gasteiger partial charge in [-0.2, -0.15) is 0 Å². The van der Waals surface area contributed by atoms with Gasteiger partial charge < -0.3 is 15.3 Å². The fourth-order valence-corrected chi connectivity index (χ4v) is 3.20. The molecule has 2 rings (SSSR count). The minimum atomic E-state index is -1.00. The monoisotopic (exact) mass is 332 g/mol. The van der Waals surface area contributed by atoms with Crippen LogP contribution >= 0.6 is 0 Å². The molecule has 1 aliphatic heterocycles. The summed E-state index contributed by atoms with van der Waals surface area (Å²) < 4.78 is 0. The number of piperidine rings is 1. The molecule has 0 spiro atoms. The number of nitrogens with one attached hydrogen (secondary N) is 1. The smallest absolute Gasteiger partial charge is 0.335 e. The summed E-state index contributed by atoms with van der Waals surface area (Å²) >= 11 is 0. The van der Waals surface area contributed by atoms with Crippen LogP contribution in [0.1, 0.15) is 59.4 Å². The maximum Gasteiger partial charge on any atom is 0.335 e. The first-order chi connectivity index (χ1) is 11.4. The van der Waals surface area contributed by atoms with Crippen molar-refractivity contribution < 1.29 is 14.7 Å². The predicted molar refractivity (Wildman–Crippen MR) is 94.5 cm³/mol. The van der Waals surface area contributed by atoms with Crippen molar-refractivity contribution in [1.82, 2.24) is 10.2 Å². The fraction of sp³-hybridized carbons (Fsp3) is 0.579. The number of nitrogens with zero attached hydrogens (tertiary/aromatic N) is 1. The largest absolute Gasteiger partial charge is 0.478 e. The molecule has 24 heavy (non-hydrogen) atoms. The second-order valence-electron chi connectivity index (χ2n) is 6.97. The number of likely N-dealkylation sites (tertiary alicyclic amines) is 1. The van der Waals surface area contributed by atoms with Crippen LogP contribution in [0.5, 0.6) is 0 Å². The zero-order chi connectivity index (χ0) is 17.7. The summed E-state index contributed by atoms with van der Waals surface area (Å²) in [6.45, 7) is 8.93. The lowest BCUT2D eigenvalue weighted by Crippen LogP contribution is -2.48. The molecule has 5 heteroatoms. The van der Waals surface area contributed by atoms with Gasteiger partial charge in [-0.1, -0.05) is 26.3 Å². The highest BCUT2D eigenvalue weighted by molar-refractivity contribution is 5.99. The van der Waals surface area contributed by atoms with Crippen molar-refractivity contribution in [3.05, 3.63) is 34.9 Å². The quantitative estimate of drug-likeness (QED) is 0.840. The highest BCUT2D eigenvalue weighted by atomic mass is 16.4. The van der Waals surface area contributed by atoms with Crippen molar-refractivity contribution in [1.29, 1.82) is 0 Å². The van der Waals surface area contributed by atoms with Crippen LogP contribution in [-0.4, -0.2) is 47.6 Å². The predicted octanol–water partition coefficient (Wildman–Crippen LogP) is 2.93. The Morgan fingerprint density at radius 1 is 1.17 bits per heavy atom. The van der Waals surface area contributed by atoms with Gasteiger partial charge in [-0.3, -0.25) is 4.79 Å². The second kappa shape index (κ2) is 8.29. The van der Waals surface area contributed by atoms with Crippen LogP contribution in [-0.2, 0) is 0 Å². The average Bonchev–Trinajstić information content (AvgIpc) is 2.54. The van der Waals surface area contributed by atoms with E-state index in [-0.39, 0.29) is 17.5 Å². The van der Waals surface area contributed by atoms with Crippen LogP contribution in [0.25, 0.3) is 0 Å². The van der Waals surface area contributed by atoms with E-state index in [0.29, 0.717) is 17.0 Å². The molecule has 1 fully saturated rings. The minimum absolute atomic E-state index is 0.0588. The summed E-state index contributed by atoms with van der Waals surface area (Å²) in [4.78, 5) is 26.3.